The van der Waals surface area contributed by atoms with Crippen LogP contribution in [0.4, 0.5) is 0 Å². The van der Waals surface area contributed by atoms with E-state index in [2.05, 4.69) is 0 Å². The molecule has 0 saturated heterocycles. The number of hydrogen-bond donors (Lipinski definition) is 1. The summed E-state index contributed by atoms with van der Waals surface area (Å²) >= 11 is 0. The first-order chi connectivity index (χ1) is 11.9. The Hall–Kier alpha value is -2.87. The normalized spacial score (nSPS) is 11.3. The van der Waals surface area contributed by atoms with Crippen molar-refractivity contribution in [2.45, 2.75) is 26.2 Å². The highest BCUT2D eigenvalue weighted by molar-refractivity contribution is 5.90. The third-order valence-corrected chi connectivity index (χ3v) is 4.77. The van der Waals surface area contributed by atoms with E-state index < -0.39 is 11.4 Å². The molecule has 0 unspecified atom stereocenters. The molecular weight excluding hydrogens is 308 g/mol. The fraction of sp³-hybridized carbons (Fsp3) is 0.174. The molecule has 3 aromatic rings. The van der Waals surface area contributed by atoms with Crippen LogP contribution in [0.25, 0.3) is 0 Å². The Morgan fingerprint density at radius 2 is 0.840 bits per heavy atom. The molecule has 0 aliphatic carbocycles. The lowest BCUT2D eigenvalue weighted by Gasteiger charge is -2.31. The molecule has 0 aromatic heterocycles. The largest absolute Gasteiger partial charge is 0.480 e. The number of carboxylic acids is 1. The van der Waals surface area contributed by atoms with Crippen LogP contribution >= 0.6 is 0 Å². The average Bonchev–Trinajstić information content (AvgIpc) is 2.60. The van der Waals surface area contributed by atoms with Gasteiger partial charge in [0.1, 0.15) is 5.41 Å². The van der Waals surface area contributed by atoms with Crippen molar-refractivity contribution in [3.63, 3.8) is 0 Å². The van der Waals surface area contributed by atoms with Crippen LogP contribution < -0.4 is 0 Å². The van der Waals surface area contributed by atoms with Gasteiger partial charge in [0.15, 0.2) is 0 Å². The van der Waals surface area contributed by atoms with E-state index in [0.717, 1.165) is 33.4 Å². The summed E-state index contributed by atoms with van der Waals surface area (Å²) in [5.74, 6) is -0.871. The Labute approximate surface area is 148 Å². The molecule has 0 heterocycles. The van der Waals surface area contributed by atoms with E-state index in [1.807, 2.05) is 93.6 Å². The first-order valence-electron chi connectivity index (χ1n) is 8.39. The summed E-state index contributed by atoms with van der Waals surface area (Å²) in [5, 5.41) is 10.4. The maximum atomic E-state index is 12.7. The number of rotatable bonds is 4. The van der Waals surface area contributed by atoms with E-state index >= 15 is 0 Å². The van der Waals surface area contributed by atoms with Crippen molar-refractivity contribution in [2.24, 2.45) is 0 Å². The Morgan fingerprint density at radius 3 is 1.04 bits per heavy atom. The highest BCUT2D eigenvalue weighted by Gasteiger charge is 2.44. The van der Waals surface area contributed by atoms with Crippen LogP contribution in [0.1, 0.15) is 33.4 Å². The predicted molar refractivity (Wildman–Crippen MR) is 101 cm³/mol. The molecule has 0 bridgehead atoms. The molecule has 0 spiro atoms. The van der Waals surface area contributed by atoms with E-state index in [9.17, 15) is 9.90 Å². The maximum Gasteiger partial charge on any atom is 0.323 e. The molecule has 0 fully saturated rings. The molecule has 3 rings (SSSR count). The van der Waals surface area contributed by atoms with E-state index in [1.54, 1.807) is 0 Å². The molecule has 0 radical (unpaired) electrons. The minimum Gasteiger partial charge on any atom is -0.480 e. The van der Waals surface area contributed by atoms with Crippen LogP contribution in [0.15, 0.2) is 72.8 Å². The number of carboxylic acid groups (broad SMARTS) is 1. The van der Waals surface area contributed by atoms with Crippen LogP contribution in [-0.2, 0) is 10.2 Å². The first kappa shape index (κ1) is 17.0. The van der Waals surface area contributed by atoms with E-state index in [0.29, 0.717) is 0 Å². The van der Waals surface area contributed by atoms with Gasteiger partial charge in [-0.2, -0.15) is 0 Å². The van der Waals surface area contributed by atoms with Crippen LogP contribution in [0.2, 0.25) is 0 Å². The highest BCUT2D eigenvalue weighted by Crippen LogP contribution is 2.40. The monoisotopic (exact) mass is 330 g/mol. The Kier molecular flexibility index (Phi) is 4.45. The van der Waals surface area contributed by atoms with Gasteiger partial charge in [-0.25, -0.2) is 0 Å². The van der Waals surface area contributed by atoms with Crippen molar-refractivity contribution in [2.75, 3.05) is 0 Å². The standard InChI is InChI=1S/C23H22O2/c1-16-4-10-19(11-5-16)23(22(24)25,20-12-6-17(2)7-13-20)21-14-8-18(3)9-15-21/h4-15H,1-3H3,(H,24,25). The first-order valence-corrected chi connectivity index (χ1v) is 8.39. The van der Waals surface area contributed by atoms with Crippen LogP contribution in [0.3, 0.4) is 0 Å². The lowest BCUT2D eigenvalue weighted by molar-refractivity contribution is -0.140. The Balaban J connectivity index is 2.35. The van der Waals surface area contributed by atoms with E-state index in [-0.39, 0.29) is 0 Å². The number of aliphatic carboxylic acids is 1. The van der Waals surface area contributed by atoms with Gasteiger partial charge in [-0.05, 0) is 37.5 Å². The third-order valence-electron chi connectivity index (χ3n) is 4.77. The van der Waals surface area contributed by atoms with Gasteiger partial charge in [-0.15, -0.1) is 0 Å². The zero-order chi connectivity index (χ0) is 18.0. The van der Waals surface area contributed by atoms with Crippen LogP contribution in [0, 0.1) is 20.8 Å². The maximum absolute atomic E-state index is 12.7. The molecule has 3 aromatic carbocycles. The van der Waals surface area contributed by atoms with Crippen LogP contribution in [-0.4, -0.2) is 11.1 Å². The summed E-state index contributed by atoms with van der Waals surface area (Å²) < 4.78 is 0. The summed E-state index contributed by atoms with van der Waals surface area (Å²) in [7, 11) is 0. The number of carbonyl (C=O) groups is 1. The van der Waals surface area contributed by atoms with Gasteiger partial charge in [-0.1, -0.05) is 89.5 Å². The van der Waals surface area contributed by atoms with Gasteiger partial charge >= 0.3 is 5.97 Å². The minimum atomic E-state index is -1.23. The zero-order valence-electron chi connectivity index (χ0n) is 14.8. The summed E-state index contributed by atoms with van der Waals surface area (Å²) in [6.07, 6.45) is 0. The highest BCUT2D eigenvalue weighted by atomic mass is 16.4. The van der Waals surface area contributed by atoms with E-state index in [4.69, 9.17) is 0 Å². The van der Waals surface area contributed by atoms with Gasteiger partial charge in [0.25, 0.3) is 0 Å². The van der Waals surface area contributed by atoms with Crippen molar-refractivity contribution in [1.82, 2.24) is 0 Å². The van der Waals surface area contributed by atoms with Gasteiger partial charge < -0.3 is 5.11 Å². The lowest BCUT2D eigenvalue weighted by atomic mass is 9.69. The molecule has 25 heavy (non-hydrogen) atoms. The van der Waals surface area contributed by atoms with Crippen molar-refractivity contribution >= 4 is 5.97 Å². The average molecular weight is 330 g/mol. The summed E-state index contributed by atoms with van der Waals surface area (Å²) in [6, 6.07) is 23.3. The molecule has 0 aliphatic rings. The van der Waals surface area contributed by atoms with E-state index in [1.165, 1.54) is 0 Å². The second kappa shape index (κ2) is 6.56. The van der Waals surface area contributed by atoms with Gasteiger partial charge in [0.05, 0.1) is 0 Å². The summed E-state index contributed by atoms with van der Waals surface area (Å²) in [5.41, 5.74) is 4.38. The lowest BCUT2D eigenvalue weighted by Crippen LogP contribution is -2.38. The van der Waals surface area contributed by atoms with Gasteiger partial charge in [0, 0.05) is 0 Å². The van der Waals surface area contributed by atoms with Crippen molar-refractivity contribution in [3.05, 3.63) is 106 Å². The second-order valence-corrected chi connectivity index (χ2v) is 6.65. The Bertz CT molecular complexity index is 762. The van der Waals surface area contributed by atoms with Crippen molar-refractivity contribution < 1.29 is 9.90 Å². The summed E-state index contributed by atoms with van der Waals surface area (Å²) in [4.78, 5) is 12.7. The fourth-order valence-corrected chi connectivity index (χ4v) is 3.28. The third kappa shape index (κ3) is 2.96. The molecule has 0 saturated carbocycles. The molecule has 0 amide bonds. The molecule has 2 heteroatoms. The molecule has 2 nitrogen and oxygen atoms in total. The SMILES string of the molecule is Cc1ccc(C(C(=O)O)(c2ccc(C)cc2)c2ccc(C)cc2)cc1. The van der Waals surface area contributed by atoms with Gasteiger partial charge in [0.2, 0.25) is 0 Å². The molecule has 126 valence electrons. The second-order valence-electron chi connectivity index (χ2n) is 6.65. The smallest absolute Gasteiger partial charge is 0.323 e. The number of hydrogen-bond acceptors (Lipinski definition) is 1. The quantitative estimate of drug-likeness (QED) is 0.681. The van der Waals surface area contributed by atoms with Crippen molar-refractivity contribution in [1.29, 1.82) is 0 Å². The molecular formula is C23H22O2. The minimum absolute atomic E-state index is 0.762. The van der Waals surface area contributed by atoms with Crippen molar-refractivity contribution in [3.8, 4) is 0 Å². The predicted octanol–water partition coefficient (Wildman–Crippen LogP) is 5.03. The number of aryl methyl sites for hydroxylation is 3. The topological polar surface area (TPSA) is 37.3 Å². The van der Waals surface area contributed by atoms with Crippen LogP contribution in [0.5, 0.6) is 0 Å². The fourth-order valence-electron chi connectivity index (χ4n) is 3.28. The number of benzene rings is 3. The molecule has 1 N–H and O–H groups in total. The molecule has 0 atom stereocenters. The zero-order valence-corrected chi connectivity index (χ0v) is 14.8. The Morgan fingerprint density at radius 1 is 0.600 bits per heavy atom. The summed E-state index contributed by atoms with van der Waals surface area (Å²) in [6.45, 7) is 6.01. The molecule has 0 aliphatic heterocycles. The van der Waals surface area contributed by atoms with Gasteiger partial charge in [-0.3, -0.25) is 4.79 Å².